The lowest BCUT2D eigenvalue weighted by molar-refractivity contribution is -0.119. The van der Waals surface area contributed by atoms with Gasteiger partial charge in [0.15, 0.2) is 0 Å². The summed E-state index contributed by atoms with van der Waals surface area (Å²) in [7, 11) is 0. The van der Waals surface area contributed by atoms with Crippen LogP contribution in [0.2, 0.25) is 10.0 Å². The minimum Gasteiger partial charge on any atom is -0.398 e. The smallest absolute Gasteiger partial charge is 0.226 e. The number of carbonyl (C=O) groups is 1. The standard InChI is InChI=1S/C18H18Cl2N2O/c19-14-6-4-12(16(20)10-14)9-13-5-7-15(11-17(13)21)22-8-2-1-3-18(22)23/h4-7,10-11H,1-3,8-9,21H2. The fourth-order valence-electron chi connectivity index (χ4n) is 2.86. The number of nitrogens with two attached hydrogens (primary N) is 1. The van der Waals surface area contributed by atoms with Crippen molar-refractivity contribution in [1.29, 1.82) is 0 Å². The summed E-state index contributed by atoms with van der Waals surface area (Å²) < 4.78 is 0. The van der Waals surface area contributed by atoms with Crippen LogP contribution in [0.25, 0.3) is 0 Å². The molecule has 0 unspecified atom stereocenters. The molecule has 2 N–H and O–H groups in total. The van der Waals surface area contributed by atoms with Crippen molar-refractivity contribution in [1.82, 2.24) is 0 Å². The maximum absolute atomic E-state index is 12.0. The topological polar surface area (TPSA) is 46.3 Å². The van der Waals surface area contributed by atoms with E-state index < -0.39 is 0 Å². The number of anilines is 2. The quantitative estimate of drug-likeness (QED) is 0.818. The van der Waals surface area contributed by atoms with Crippen LogP contribution < -0.4 is 10.6 Å². The van der Waals surface area contributed by atoms with E-state index in [0.717, 1.165) is 36.2 Å². The second-order valence-electron chi connectivity index (χ2n) is 5.80. The Balaban J connectivity index is 1.83. The molecule has 3 rings (SSSR count). The number of amides is 1. The van der Waals surface area contributed by atoms with Crippen molar-refractivity contribution < 1.29 is 4.79 Å². The van der Waals surface area contributed by atoms with Crippen LogP contribution in [0.5, 0.6) is 0 Å². The van der Waals surface area contributed by atoms with E-state index in [9.17, 15) is 4.79 Å². The van der Waals surface area contributed by atoms with Crippen LogP contribution in [-0.2, 0) is 11.2 Å². The molecule has 5 heteroatoms. The Bertz CT molecular complexity index is 746. The normalized spacial score (nSPS) is 15.0. The Hall–Kier alpha value is -1.71. The van der Waals surface area contributed by atoms with Crippen molar-refractivity contribution in [3.8, 4) is 0 Å². The molecule has 1 saturated heterocycles. The van der Waals surface area contributed by atoms with Gasteiger partial charge in [0, 0.05) is 40.8 Å². The first-order chi connectivity index (χ1) is 11.0. The number of hydrogen-bond acceptors (Lipinski definition) is 2. The van der Waals surface area contributed by atoms with Crippen LogP contribution in [0, 0.1) is 0 Å². The van der Waals surface area contributed by atoms with E-state index >= 15 is 0 Å². The highest BCUT2D eigenvalue weighted by Gasteiger charge is 2.20. The highest BCUT2D eigenvalue weighted by atomic mass is 35.5. The minimum absolute atomic E-state index is 0.171. The van der Waals surface area contributed by atoms with Gasteiger partial charge in [-0.15, -0.1) is 0 Å². The third kappa shape index (κ3) is 3.62. The third-order valence-electron chi connectivity index (χ3n) is 4.16. The first-order valence-electron chi connectivity index (χ1n) is 7.67. The van der Waals surface area contributed by atoms with Gasteiger partial charge in [0.05, 0.1) is 0 Å². The molecule has 0 radical (unpaired) electrons. The van der Waals surface area contributed by atoms with Crippen molar-refractivity contribution in [3.05, 3.63) is 57.6 Å². The average Bonchev–Trinajstić information content (AvgIpc) is 2.52. The maximum Gasteiger partial charge on any atom is 0.226 e. The largest absolute Gasteiger partial charge is 0.398 e. The van der Waals surface area contributed by atoms with E-state index in [1.165, 1.54) is 0 Å². The van der Waals surface area contributed by atoms with E-state index in [4.69, 9.17) is 28.9 Å². The minimum atomic E-state index is 0.171. The summed E-state index contributed by atoms with van der Waals surface area (Å²) in [4.78, 5) is 13.8. The molecule has 0 spiro atoms. The summed E-state index contributed by atoms with van der Waals surface area (Å²) in [6, 6.07) is 11.3. The zero-order chi connectivity index (χ0) is 16.4. The van der Waals surface area contributed by atoms with Crippen LogP contribution in [0.15, 0.2) is 36.4 Å². The number of benzene rings is 2. The van der Waals surface area contributed by atoms with Crippen molar-refractivity contribution in [3.63, 3.8) is 0 Å². The van der Waals surface area contributed by atoms with E-state index in [2.05, 4.69) is 0 Å². The zero-order valence-electron chi connectivity index (χ0n) is 12.7. The molecule has 1 aliphatic rings. The van der Waals surface area contributed by atoms with Crippen LogP contribution >= 0.6 is 23.2 Å². The first kappa shape index (κ1) is 16.2. The number of piperidine rings is 1. The van der Waals surface area contributed by atoms with Gasteiger partial charge in [-0.1, -0.05) is 35.3 Å². The van der Waals surface area contributed by atoms with E-state index in [0.29, 0.717) is 28.6 Å². The van der Waals surface area contributed by atoms with Gasteiger partial charge in [0.2, 0.25) is 5.91 Å². The first-order valence-corrected chi connectivity index (χ1v) is 8.43. The summed E-state index contributed by atoms with van der Waals surface area (Å²) in [5, 5.41) is 1.25. The number of carbonyl (C=O) groups excluding carboxylic acids is 1. The lowest BCUT2D eigenvalue weighted by Crippen LogP contribution is -2.35. The summed E-state index contributed by atoms with van der Waals surface area (Å²) in [6.45, 7) is 0.765. The molecule has 0 aliphatic carbocycles. The summed E-state index contributed by atoms with van der Waals surface area (Å²) in [5.74, 6) is 0.171. The number of rotatable bonds is 3. The second-order valence-corrected chi connectivity index (χ2v) is 6.64. The molecule has 0 atom stereocenters. The highest BCUT2D eigenvalue weighted by molar-refractivity contribution is 6.35. The van der Waals surface area contributed by atoms with Crippen LogP contribution in [0.1, 0.15) is 30.4 Å². The second kappa shape index (κ2) is 6.81. The molecule has 2 aromatic rings. The van der Waals surface area contributed by atoms with Crippen molar-refractivity contribution in [2.45, 2.75) is 25.7 Å². The fraction of sp³-hybridized carbons (Fsp3) is 0.278. The van der Waals surface area contributed by atoms with Gasteiger partial charge in [0.1, 0.15) is 0 Å². The molecule has 1 amide bonds. The SMILES string of the molecule is Nc1cc(N2CCCCC2=O)ccc1Cc1ccc(Cl)cc1Cl. The van der Waals surface area contributed by atoms with Crippen LogP contribution in [-0.4, -0.2) is 12.5 Å². The molecule has 0 aromatic heterocycles. The Morgan fingerprint density at radius 2 is 1.83 bits per heavy atom. The molecule has 0 bridgehead atoms. The van der Waals surface area contributed by atoms with E-state index in [1.807, 2.05) is 35.2 Å². The van der Waals surface area contributed by atoms with Crippen molar-refractivity contribution >= 4 is 40.5 Å². The van der Waals surface area contributed by atoms with Gasteiger partial charge in [-0.05, 0) is 48.2 Å². The summed E-state index contributed by atoms with van der Waals surface area (Å²) in [6.07, 6.45) is 3.25. The molecule has 2 aromatic carbocycles. The van der Waals surface area contributed by atoms with Crippen molar-refractivity contribution in [2.24, 2.45) is 0 Å². The monoisotopic (exact) mass is 348 g/mol. The van der Waals surface area contributed by atoms with Gasteiger partial charge >= 0.3 is 0 Å². The Kier molecular flexibility index (Phi) is 4.79. The fourth-order valence-corrected chi connectivity index (χ4v) is 3.34. The number of halogens is 2. The van der Waals surface area contributed by atoms with Crippen molar-refractivity contribution in [2.75, 3.05) is 17.2 Å². The van der Waals surface area contributed by atoms with E-state index in [-0.39, 0.29) is 5.91 Å². The highest BCUT2D eigenvalue weighted by Crippen LogP contribution is 2.29. The lowest BCUT2D eigenvalue weighted by Gasteiger charge is -2.27. The molecule has 1 aliphatic heterocycles. The third-order valence-corrected chi connectivity index (χ3v) is 4.75. The van der Waals surface area contributed by atoms with Crippen LogP contribution in [0.3, 0.4) is 0 Å². The molecular weight excluding hydrogens is 331 g/mol. The molecule has 0 saturated carbocycles. The van der Waals surface area contributed by atoms with Gasteiger partial charge in [-0.2, -0.15) is 0 Å². The predicted octanol–water partition coefficient (Wildman–Crippen LogP) is 4.68. The predicted molar refractivity (Wildman–Crippen MR) is 96.3 cm³/mol. The van der Waals surface area contributed by atoms with Gasteiger partial charge in [0.25, 0.3) is 0 Å². The Morgan fingerprint density at radius 3 is 2.52 bits per heavy atom. The maximum atomic E-state index is 12.0. The Morgan fingerprint density at radius 1 is 1.04 bits per heavy atom. The van der Waals surface area contributed by atoms with Crippen LogP contribution in [0.4, 0.5) is 11.4 Å². The van der Waals surface area contributed by atoms with Gasteiger partial charge in [-0.25, -0.2) is 0 Å². The Labute approximate surface area is 146 Å². The summed E-state index contributed by atoms with van der Waals surface area (Å²) in [5.41, 5.74) is 9.71. The van der Waals surface area contributed by atoms with E-state index in [1.54, 1.807) is 6.07 Å². The lowest BCUT2D eigenvalue weighted by atomic mass is 10.0. The van der Waals surface area contributed by atoms with Gasteiger partial charge in [-0.3, -0.25) is 4.79 Å². The number of hydrogen-bond donors (Lipinski definition) is 1. The number of nitrogen functional groups attached to an aromatic ring is 1. The zero-order valence-corrected chi connectivity index (χ0v) is 14.2. The molecule has 23 heavy (non-hydrogen) atoms. The number of nitrogens with zero attached hydrogens (tertiary/aromatic N) is 1. The molecule has 120 valence electrons. The molecule has 1 fully saturated rings. The summed E-state index contributed by atoms with van der Waals surface area (Å²) >= 11 is 12.2. The molecule has 1 heterocycles. The average molecular weight is 349 g/mol. The van der Waals surface area contributed by atoms with Gasteiger partial charge < -0.3 is 10.6 Å². The molecular formula is C18H18Cl2N2O. The molecule has 3 nitrogen and oxygen atoms in total.